The maximum absolute atomic E-state index is 13.3. The largest absolute Gasteiger partial charge is 0.326 e. The Hall–Kier alpha value is -0.990. The summed E-state index contributed by atoms with van der Waals surface area (Å²) in [5, 5.41) is 0. The molecule has 0 saturated heterocycles. The molecule has 4 nitrogen and oxygen atoms in total. The first-order valence-electron chi connectivity index (χ1n) is 5.65. The van der Waals surface area contributed by atoms with Gasteiger partial charge in [0, 0.05) is 23.5 Å². The number of nitrogens with one attached hydrogen (secondary N) is 1. The van der Waals surface area contributed by atoms with Gasteiger partial charge < -0.3 is 5.73 Å². The van der Waals surface area contributed by atoms with E-state index in [2.05, 4.69) is 4.72 Å². The van der Waals surface area contributed by atoms with E-state index in [1.54, 1.807) is 12.1 Å². The Bertz CT molecular complexity index is 716. The zero-order valence-electron chi connectivity index (χ0n) is 10.3. The Balaban J connectivity index is 2.17. The van der Waals surface area contributed by atoms with Crippen LogP contribution in [0.1, 0.15) is 10.4 Å². The molecular formula is C12H12ClFN2O2S2. The smallest absolute Gasteiger partial charge is 0.240 e. The molecule has 20 heavy (non-hydrogen) atoms. The maximum atomic E-state index is 13.3. The molecule has 2 aromatic rings. The fraction of sp³-hybridized carbons (Fsp3) is 0.167. The number of halogens is 2. The van der Waals surface area contributed by atoms with Crippen LogP contribution >= 0.6 is 22.9 Å². The van der Waals surface area contributed by atoms with E-state index in [0.717, 1.165) is 10.9 Å². The Morgan fingerprint density at radius 3 is 2.65 bits per heavy atom. The Kier molecular flexibility index (Phi) is 4.77. The molecule has 0 radical (unpaired) electrons. The number of thiophene rings is 1. The zero-order chi connectivity index (χ0) is 14.8. The van der Waals surface area contributed by atoms with E-state index < -0.39 is 15.8 Å². The molecule has 1 aromatic heterocycles. The van der Waals surface area contributed by atoms with Crippen LogP contribution in [0.2, 0.25) is 4.34 Å². The van der Waals surface area contributed by atoms with Crippen molar-refractivity contribution < 1.29 is 12.8 Å². The fourth-order valence-corrected chi connectivity index (χ4v) is 3.75. The van der Waals surface area contributed by atoms with Crippen molar-refractivity contribution >= 4 is 33.0 Å². The quantitative estimate of drug-likeness (QED) is 0.882. The highest BCUT2D eigenvalue weighted by Crippen LogP contribution is 2.22. The van der Waals surface area contributed by atoms with E-state index in [9.17, 15) is 12.8 Å². The van der Waals surface area contributed by atoms with Crippen LogP contribution in [0.4, 0.5) is 4.39 Å². The standard InChI is InChI=1S/C12H12ClFN2O2S2/c13-12-4-1-9(19-12)7-16-20(17,18)10-2-3-11(14)8(5-10)6-15/h1-5,16H,6-7,15H2. The molecule has 0 aliphatic heterocycles. The normalized spacial score (nSPS) is 11.8. The molecule has 0 saturated carbocycles. The van der Waals surface area contributed by atoms with Crippen LogP contribution in [0.25, 0.3) is 0 Å². The van der Waals surface area contributed by atoms with Gasteiger partial charge in [0.1, 0.15) is 5.82 Å². The third kappa shape index (κ3) is 3.56. The second-order valence-corrected chi connectivity index (χ2v) is 7.55. The summed E-state index contributed by atoms with van der Waals surface area (Å²) in [5.41, 5.74) is 5.52. The van der Waals surface area contributed by atoms with Gasteiger partial charge in [-0.2, -0.15) is 0 Å². The van der Waals surface area contributed by atoms with Crippen molar-refractivity contribution in [3.8, 4) is 0 Å². The average Bonchev–Trinajstić information content (AvgIpc) is 2.83. The van der Waals surface area contributed by atoms with Crippen LogP contribution in [0.15, 0.2) is 35.2 Å². The van der Waals surface area contributed by atoms with Crippen molar-refractivity contribution in [3.63, 3.8) is 0 Å². The summed E-state index contributed by atoms with van der Waals surface area (Å²) in [6.45, 7) is 0.0742. The third-order valence-electron chi connectivity index (χ3n) is 2.61. The van der Waals surface area contributed by atoms with Gasteiger partial charge in [-0.15, -0.1) is 11.3 Å². The molecule has 3 N–H and O–H groups in total. The molecule has 0 fully saturated rings. The van der Waals surface area contributed by atoms with Gasteiger partial charge in [-0.1, -0.05) is 11.6 Å². The van der Waals surface area contributed by atoms with Gasteiger partial charge in [0.15, 0.2) is 0 Å². The first kappa shape index (κ1) is 15.4. The molecule has 1 heterocycles. The summed E-state index contributed by atoms with van der Waals surface area (Å²) >= 11 is 7.06. The van der Waals surface area contributed by atoms with Crippen molar-refractivity contribution in [1.82, 2.24) is 4.72 Å². The van der Waals surface area contributed by atoms with Crippen LogP contribution in [0, 0.1) is 5.82 Å². The molecular weight excluding hydrogens is 323 g/mol. The number of benzene rings is 1. The lowest BCUT2D eigenvalue weighted by atomic mass is 10.2. The summed E-state index contributed by atoms with van der Waals surface area (Å²) in [6, 6.07) is 6.97. The molecule has 2 rings (SSSR count). The van der Waals surface area contributed by atoms with Gasteiger partial charge in [-0.3, -0.25) is 0 Å². The Morgan fingerprint density at radius 2 is 2.05 bits per heavy atom. The monoisotopic (exact) mass is 334 g/mol. The molecule has 0 amide bonds. The highest BCUT2D eigenvalue weighted by Gasteiger charge is 2.16. The number of hydrogen-bond acceptors (Lipinski definition) is 4. The van der Waals surface area contributed by atoms with Crippen LogP contribution in [0.5, 0.6) is 0 Å². The molecule has 0 bridgehead atoms. The SMILES string of the molecule is NCc1cc(S(=O)(=O)NCc2ccc(Cl)s2)ccc1F. The third-order valence-corrected chi connectivity index (χ3v) is 5.24. The van der Waals surface area contributed by atoms with E-state index in [0.29, 0.717) is 4.34 Å². The number of hydrogen-bond donors (Lipinski definition) is 2. The summed E-state index contributed by atoms with van der Waals surface area (Å²) < 4.78 is 40.5. The zero-order valence-corrected chi connectivity index (χ0v) is 12.7. The van der Waals surface area contributed by atoms with Crippen LogP contribution < -0.4 is 10.5 Å². The van der Waals surface area contributed by atoms with E-state index in [-0.39, 0.29) is 23.5 Å². The average molecular weight is 335 g/mol. The summed E-state index contributed by atoms with van der Waals surface area (Å²) in [6.07, 6.45) is 0. The van der Waals surface area contributed by atoms with Crippen molar-refractivity contribution in [2.75, 3.05) is 0 Å². The fourth-order valence-electron chi connectivity index (χ4n) is 1.57. The van der Waals surface area contributed by atoms with E-state index in [1.165, 1.54) is 23.5 Å². The topological polar surface area (TPSA) is 72.2 Å². The number of sulfonamides is 1. The molecule has 0 spiro atoms. The second-order valence-electron chi connectivity index (χ2n) is 3.99. The second kappa shape index (κ2) is 6.19. The molecule has 0 aliphatic carbocycles. The lowest BCUT2D eigenvalue weighted by molar-refractivity contribution is 0.579. The van der Waals surface area contributed by atoms with Gasteiger partial charge >= 0.3 is 0 Å². The summed E-state index contributed by atoms with van der Waals surface area (Å²) in [7, 11) is -3.71. The van der Waals surface area contributed by atoms with Gasteiger partial charge in [-0.05, 0) is 30.3 Å². The van der Waals surface area contributed by atoms with Crippen LogP contribution in [-0.4, -0.2) is 8.42 Å². The predicted octanol–water partition coefficient (Wildman–Crippen LogP) is 2.48. The lowest BCUT2D eigenvalue weighted by Gasteiger charge is -2.07. The molecule has 0 atom stereocenters. The molecule has 1 aromatic carbocycles. The first-order chi connectivity index (χ1) is 9.42. The van der Waals surface area contributed by atoms with Gasteiger partial charge in [0.05, 0.1) is 9.23 Å². The Labute approximate surface area is 125 Å². The highest BCUT2D eigenvalue weighted by atomic mass is 35.5. The molecule has 8 heteroatoms. The lowest BCUT2D eigenvalue weighted by Crippen LogP contribution is -2.23. The minimum atomic E-state index is -3.71. The molecule has 0 unspecified atom stereocenters. The van der Waals surface area contributed by atoms with Crippen LogP contribution in [-0.2, 0) is 23.1 Å². The maximum Gasteiger partial charge on any atom is 0.240 e. The van der Waals surface area contributed by atoms with Crippen molar-refractivity contribution in [2.45, 2.75) is 18.0 Å². The first-order valence-corrected chi connectivity index (χ1v) is 8.32. The van der Waals surface area contributed by atoms with Crippen molar-refractivity contribution in [3.05, 3.63) is 50.9 Å². The molecule has 108 valence electrons. The van der Waals surface area contributed by atoms with E-state index in [4.69, 9.17) is 17.3 Å². The summed E-state index contributed by atoms with van der Waals surface area (Å²) in [5.74, 6) is -0.517. The summed E-state index contributed by atoms with van der Waals surface area (Å²) in [4.78, 5) is 0.779. The number of rotatable bonds is 5. The Morgan fingerprint density at radius 1 is 1.30 bits per heavy atom. The van der Waals surface area contributed by atoms with Gasteiger partial charge in [0.25, 0.3) is 0 Å². The predicted molar refractivity (Wildman–Crippen MR) is 77.6 cm³/mol. The molecule has 0 aliphatic rings. The van der Waals surface area contributed by atoms with Crippen molar-refractivity contribution in [1.29, 1.82) is 0 Å². The van der Waals surface area contributed by atoms with E-state index >= 15 is 0 Å². The number of nitrogens with two attached hydrogens (primary N) is 1. The van der Waals surface area contributed by atoms with Gasteiger partial charge in [-0.25, -0.2) is 17.5 Å². The highest BCUT2D eigenvalue weighted by molar-refractivity contribution is 7.89. The minimum Gasteiger partial charge on any atom is -0.326 e. The van der Waals surface area contributed by atoms with Crippen LogP contribution in [0.3, 0.4) is 0 Å². The van der Waals surface area contributed by atoms with Crippen molar-refractivity contribution in [2.24, 2.45) is 5.73 Å². The van der Waals surface area contributed by atoms with E-state index in [1.807, 2.05) is 0 Å². The minimum absolute atomic E-state index is 0.0120. The van der Waals surface area contributed by atoms with Gasteiger partial charge in [0.2, 0.25) is 10.0 Å².